The number of ether oxygens (including phenoxy) is 10. The number of unbranched alkanes of at least 4 members (excludes halogenated alkanes) is 14. The van der Waals surface area contributed by atoms with Crippen molar-refractivity contribution in [3.8, 4) is 0 Å². The largest absolute Gasteiger partial charge is 0.480 e. The van der Waals surface area contributed by atoms with Gasteiger partial charge in [-0.15, -0.1) is 0 Å². The third kappa shape index (κ3) is 47.1. The summed E-state index contributed by atoms with van der Waals surface area (Å²) in [6, 6.07) is 0. The summed E-state index contributed by atoms with van der Waals surface area (Å²) in [5.41, 5.74) is 0. The van der Waals surface area contributed by atoms with Crippen LogP contribution in [0.3, 0.4) is 0 Å². The summed E-state index contributed by atoms with van der Waals surface area (Å²) in [6.45, 7) is 11.6. The van der Waals surface area contributed by atoms with E-state index in [1.54, 1.807) is 0 Å². The highest BCUT2D eigenvalue weighted by Crippen LogP contribution is 2.13. The maximum atomic E-state index is 10.3. The minimum absolute atomic E-state index is 0.247. The number of aliphatic carboxylic acids is 1. The Morgan fingerprint density at radius 1 is 0.306 bits per heavy atom. The summed E-state index contributed by atoms with van der Waals surface area (Å²) in [7, 11) is 0. The number of carbonyl (C=O) groups is 1. The number of rotatable bonds is 45. The molecule has 0 radical (unpaired) electrons. The Kier molecular flexibility index (Phi) is 44.2. The highest BCUT2D eigenvalue weighted by molar-refractivity contribution is 5.67. The fraction of sp³-hybridized carbons (Fsp3) is 0.973. The van der Waals surface area contributed by atoms with Crippen LogP contribution in [0.2, 0.25) is 0 Å². The molecule has 0 aromatic heterocycles. The van der Waals surface area contributed by atoms with E-state index >= 15 is 0 Å². The van der Waals surface area contributed by atoms with Gasteiger partial charge in [-0.25, -0.2) is 4.79 Å². The van der Waals surface area contributed by atoms with E-state index in [1.165, 1.54) is 89.9 Å². The van der Waals surface area contributed by atoms with E-state index < -0.39 is 5.97 Å². The minimum Gasteiger partial charge on any atom is -0.480 e. The van der Waals surface area contributed by atoms with Crippen molar-refractivity contribution in [2.75, 3.05) is 132 Å². The molecule has 0 atom stereocenters. The maximum Gasteiger partial charge on any atom is 0.329 e. The molecule has 12 nitrogen and oxygen atoms in total. The van der Waals surface area contributed by atoms with E-state index in [4.69, 9.17) is 52.5 Å². The number of carboxylic acid groups (broad SMARTS) is 1. The van der Waals surface area contributed by atoms with Gasteiger partial charge in [-0.1, -0.05) is 96.8 Å². The van der Waals surface area contributed by atoms with Crippen molar-refractivity contribution in [1.29, 1.82) is 0 Å². The van der Waals surface area contributed by atoms with Crippen LogP contribution < -0.4 is 0 Å². The lowest BCUT2D eigenvalue weighted by Gasteiger charge is -2.09. The predicted molar refractivity (Wildman–Crippen MR) is 191 cm³/mol. The van der Waals surface area contributed by atoms with E-state index in [2.05, 4.69) is 6.92 Å². The zero-order chi connectivity index (χ0) is 35.4. The zero-order valence-corrected chi connectivity index (χ0v) is 31.2. The van der Waals surface area contributed by atoms with Gasteiger partial charge in [0.05, 0.1) is 119 Å². The van der Waals surface area contributed by atoms with Crippen LogP contribution in [0, 0.1) is 0 Å². The van der Waals surface area contributed by atoms with Crippen LogP contribution in [-0.2, 0) is 52.2 Å². The summed E-state index contributed by atoms with van der Waals surface area (Å²) in [5.74, 6) is -0.991. The van der Waals surface area contributed by atoms with Crippen molar-refractivity contribution in [3.63, 3.8) is 0 Å². The van der Waals surface area contributed by atoms with Gasteiger partial charge in [0.15, 0.2) is 0 Å². The monoisotopic (exact) mass is 711 g/mol. The second-order valence-corrected chi connectivity index (χ2v) is 11.9. The number of hydrogen-bond donors (Lipinski definition) is 1. The second kappa shape index (κ2) is 45.1. The molecule has 0 aliphatic carbocycles. The molecule has 49 heavy (non-hydrogen) atoms. The fourth-order valence-corrected chi connectivity index (χ4v) is 4.71. The Hall–Kier alpha value is -0.930. The average Bonchev–Trinajstić information content (AvgIpc) is 3.10. The normalized spacial score (nSPS) is 11.5. The molecule has 0 rings (SSSR count). The minimum atomic E-state index is -0.991. The molecule has 0 amide bonds. The zero-order valence-electron chi connectivity index (χ0n) is 31.2. The lowest BCUT2D eigenvalue weighted by molar-refractivity contribution is -0.142. The highest BCUT2D eigenvalue weighted by Gasteiger charge is 1.98. The molecule has 0 fully saturated rings. The SMILES string of the molecule is CCCCCCCCCCCCCCCCCOCCOCCOCCOCCOCCOCCOCCOCCOCCOCC(=O)O. The van der Waals surface area contributed by atoms with Gasteiger partial charge in [0.1, 0.15) is 6.61 Å². The van der Waals surface area contributed by atoms with Gasteiger partial charge in [0, 0.05) is 6.61 Å². The van der Waals surface area contributed by atoms with Gasteiger partial charge in [-0.05, 0) is 6.42 Å². The molecule has 0 bridgehead atoms. The first kappa shape index (κ1) is 48.1. The quantitative estimate of drug-likeness (QED) is 0.0733. The molecule has 0 aliphatic rings. The van der Waals surface area contributed by atoms with Crippen LogP contribution in [0.15, 0.2) is 0 Å². The van der Waals surface area contributed by atoms with Gasteiger partial charge < -0.3 is 52.5 Å². The van der Waals surface area contributed by atoms with Crippen molar-refractivity contribution in [1.82, 2.24) is 0 Å². The molecule has 294 valence electrons. The van der Waals surface area contributed by atoms with Gasteiger partial charge in [-0.3, -0.25) is 0 Å². The van der Waals surface area contributed by atoms with E-state index in [0.717, 1.165) is 13.0 Å². The fourth-order valence-electron chi connectivity index (χ4n) is 4.71. The van der Waals surface area contributed by atoms with E-state index in [9.17, 15) is 4.79 Å². The van der Waals surface area contributed by atoms with Gasteiger partial charge in [0.2, 0.25) is 0 Å². The standard InChI is InChI=1S/C37H74O12/c1-2-3-4-5-6-7-8-9-10-11-12-13-14-15-16-17-40-18-19-41-20-21-42-22-23-43-24-25-44-26-27-45-28-29-46-30-31-47-32-33-48-34-35-49-36-37(38)39/h2-36H2,1H3,(H,38,39). The molecule has 0 saturated carbocycles. The van der Waals surface area contributed by atoms with E-state index in [1.807, 2.05) is 0 Å². The second-order valence-electron chi connectivity index (χ2n) is 11.9. The first-order valence-corrected chi connectivity index (χ1v) is 19.3. The van der Waals surface area contributed by atoms with Crippen molar-refractivity contribution in [3.05, 3.63) is 0 Å². The van der Waals surface area contributed by atoms with Crippen molar-refractivity contribution >= 4 is 5.97 Å². The summed E-state index contributed by atoms with van der Waals surface area (Å²) < 4.78 is 54.1. The van der Waals surface area contributed by atoms with Crippen LogP contribution >= 0.6 is 0 Å². The third-order valence-electron chi connectivity index (χ3n) is 7.47. The lowest BCUT2D eigenvalue weighted by atomic mass is 10.0. The van der Waals surface area contributed by atoms with Gasteiger partial charge in [-0.2, -0.15) is 0 Å². The Bertz CT molecular complexity index is 614. The Morgan fingerprint density at radius 3 is 0.755 bits per heavy atom. The smallest absolute Gasteiger partial charge is 0.329 e. The number of hydrogen-bond acceptors (Lipinski definition) is 11. The van der Waals surface area contributed by atoms with Gasteiger partial charge in [0.25, 0.3) is 0 Å². The average molecular weight is 711 g/mol. The first-order chi connectivity index (χ1) is 24.3. The Labute approximate surface area is 298 Å². The van der Waals surface area contributed by atoms with E-state index in [-0.39, 0.29) is 13.2 Å². The molecule has 0 unspecified atom stereocenters. The van der Waals surface area contributed by atoms with Gasteiger partial charge >= 0.3 is 5.97 Å². The first-order valence-electron chi connectivity index (χ1n) is 19.3. The molecular weight excluding hydrogens is 636 g/mol. The van der Waals surface area contributed by atoms with Crippen LogP contribution in [0.1, 0.15) is 103 Å². The van der Waals surface area contributed by atoms with Crippen LogP contribution in [0.25, 0.3) is 0 Å². The van der Waals surface area contributed by atoms with Crippen molar-refractivity contribution < 1.29 is 57.3 Å². The summed E-state index contributed by atoms with van der Waals surface area (Å²) >= 11 is 0. The summed E-state index contributed by atoms with van der Waals surface area (Å²) in [5, 5.41) is 8.43. The molecule has 1 N–H and O–H groups in total. The summed E-state index contributed by atoms with van der Waals surface area (Å²) in [6.07, 6.45) is 20.7. The molecule has 0 saturated heterocycles. The Balaban J connectivity index is 3.05. The topological polar surface area (TPSA) is 130 Å². The molecule has 0 heterocycles. The van der Waals surface area contributed by atoms with Crippen molar-refractivity contribution in [2.24, 2.45) is 0 Å². The van der Waals surface area contributed by atoms with Crippen LogP contribution in [0.4, 0.5) is 0 Å². The third-order valence-corrected chi connectivity index (χ3v) is 7.47. The molecule has 0 spiro atoms. The van der Waals surface area contributed by atoms with Crippen LogP contribution in [-0.4, -0.2) is 143 Å². The lowest BCUT2D eigenvalue weighted by Crippen LogP contribution is -2.15. The van der Waals surface area contributed by atoms with E-state index in [0.29, 0.717) is 112 Å². The highest BCUT2D eigenvalue weighted by atomic mass is 16.6. The van der Waals surface area contributed by atoms with Crippen molar-refractivity contribution in [2.45, 2.75) is 103 Å². The van der Waals surface area contributed by atoms with Crippen LogP contribution in [0.5, 0.6) is 0 Å². The molecule has 12 heteroatoms. The molecule has 0 aromatic rings. The number of carboxylic acids is 1. The molecular formula is C37H74O12. The Morgan fingerprint density at radius 2 is 0.510 bits per heavy atom. The molecule has 0 aliphatic heterocycles. The predicted octanol–water partition coefficient (Wildman–Crippen LogP) is 6.11. The maximum absolute atomic E-state index is 10.3. The molecule has 0 aromatic carbocycles. The summed E-state index contributed by atoms with van der Waals surface area (Å²) in [4.78, 5) is 10.3.